The van der Waals surface area contributed by atoms with Crippen LogP contribution in [0, 0.1) is 0 Å². The molecule has 1 amide bonds. The third kappa shape index (κ3) is 9.15. The van der Waals surface area contributed by atoms with Gasteiger partial charge in [-0.1, -0.05) is 6.92 Å². The molecule has 0 radical (unpaired) electrons. The fourth-order valence-electron chi connectivity index (χ4n) is 3.36. The van der Waals surface area contributed by atoms with E-state index in [9.17, 15) is 17.8 Å². The van der Waals surface area contributed by atoms with Gasteiger partial charge in [0.25, 0.3) is 5.91 Å². The van der Waals surface area contributed by atoms with Crippen LogP contribution in [0.1, 0.15) is 50.2 Å². The number of hydrogen-bond acceptors (Lipinski definition) is 10. The van der Waals surface area contributed by atoms with Gasteiger partial charge in [-0.05, 0) is 63.6 Å². The van der Waals surface area contributed by atoms with Gasteiger partial charge in [0.2, 0.25) is 0 Å². The van der Waals surface area contributed by atoms with Crippen LogP contribution in [0.4, 0.5) is 5.13 Å². The molecule has 1 atom stereocenters. The van der Waals surface area contributed by atoms with E-state index < -0.39 is 23.3 Å². The average Bonchev–Trinajstić information content (AvgIpc) is 3.29. The number of sulfone groups is 1. The number of nitrogens with zero attached hydrogens (tertiary/aromatic N) is 1. The minimum absolute atomic E-state index is 0.00457. The highest BCUT2D eigenvalue weighted by Crippen LogP contribution is 2.51. The second-order valence-electron chi connectivity index (χ2n) is 8.58. The summed E-state index contributed by atoms with van der Waals surface area (Å²) in [5.41, 5.74) is 0.751. The molecular weight excluding hydrogens is 563 g/mol. The molecule has 0 spiro atoms. The lowest BCUT2D eigenvalue weighted by Gasteiger charge is -2.16. The number of benzene rings is 2. The summed E-state index contributed by atoms with van der Waals surface area (Å²) < 4.78 is 58.8. The number of carbonyl (C=O) groups is 1. The second-order valence-corrected chi connectivity index (χ2v) is 13.5. The number of rotatable bonds is 14. The van der Waals surface area contributed by atoms with Gasteiger partial charge in [0.1, 0.15) is 17.2 Å². The molecule has 39 heavy (non-hydrogen) atoms. The highest BCUT2D eigenvalue weighted by atomic mass is 32.2. The number of amides is 1. The van der Waals surface area contributed by atoms with Crippen molar-refractivity contribution in [3.8, 4) is 17.2 Å². The summed E-state index contributed by atoms with van der Waals surface area (Å²) in [7, 11) is -6.67. The predicted molar refractivity (Wildman–Crippen MR) is 151 cm³/mol. The first-order valence-corrected chi connectivity index (χ1v) is 16.9. The molecule has 1 N–H and O–H groups in total. The van der Waals surface area contributed by atoms with Gasteiger partial charge in [-0.2, -0.15) is 0 Å². The zero-order valence-electron chi connectivity index (χ0n) is 22.5. The van der Waals surface area contributed by atoms with Crippen LogP contribution in [-0.4, -0.2) is 44.9 Å². The Morgan fingerprint density at radius 2 is 1.67 bits per heavy atom. The number of anilines is 1. The van der Waals surface area contributed by atoms with E-state index in [1.165, 1.54) is 23.5 Å². The highest BCUT2D eigenvalue weighted by molar-refractivity contribution is 7.90. The number of hydrogen-bond donors (Lipinski definition) is 1. The van der Waals surface area contributed by atoms with Crippen LogP contribution in [-0.2, 0) is 29.6 Å². The van der Waals surface area contributed by atoms with Crippen LogP contribution in [0.5, 0.6) is 17.2 Å². The molecule has 1 heterocycles. The van der Waals surface area contributed by atoms with Gasteiger partial charge in [0.05, 0.1) is 36.1 Å². The molecule has 0 fully saturated rings. The third-order valence-electron chi connectivity index (χ3n) is 5.32. The minimum atomic E-state index is -3.34. The number of aromatic nitrogens is 1. The van der Waals surface area contributed by atoms with E-state index in [4.69, 9.17) is 18.5 Å². The number of ether oxygens (including phenoxy) is 2. The number of nitrogens with one attached hydrogen (secondary N) is 1. The largest absolute Gasteiger partial charge is 0.491 e. The Bertz CT molecular complexity index is 1410. The van der Waals surface area contributed by atoms with Crippen molar-refractivity contribution < 1.29 is 36.3 Å². The minimum Gasteiger partial charge on any atom is -0.491 e. The Labute approximate surface area is 233 Å². The van der Waals surface area contributed by atoms with Gasteiger partial charge in [-0.25, -0.2) is 13.4 Å². The quantitative estimate of drug-likeness (QED) is 0.206. The molecular formula is C26H33N2O8PS2. The van der Waals surface area contributed by atoms with Crippen molar-refractivity contribution in [2.75, 3.05) is 24.8 Å². The van der Waals surface area contributed by atoms with Gasteiger partial charge in [0, 0.05) is 23.3 Å². The lowest BCUT2D eigenvalue weighted by Crippen LogP contribution is -2.14. The van der Waals surface area contributed by atoms with Crippen LogP contribution in [0.25, 0.3) is 0 Å². The summed E-state index contributed by atoms with van der Waals surface area (Å²) in [5.74, 6) is 0.726. The Balaban J connectivity index is 1.81. The van der Waals surface area contributed by atoms with Crippen molar-refractivity contribution in [1.82, 2.24) is 4.98 Å². The Morgan fingerprint density at radius 1 is 1.03 bits per heavy atom. The van der Waals surface area contributed by atoms with E-state index in [1.54, 1.807) is 49.6 Å². The number of thiazole rings is 1. The van der Waals surface area contributed by atoms with E-state index in [2.05, 4.69) is 10.3 Å². The molecule has 0 unspecified atom stereocenters. The van der Waals surface area contributed by atoms with Gasteiger partial charge >= 0.3 is 7.60 Å². The van der Waals surface area contributed by atoms with Crippen molar-refractivity contribution >= 4 is 39.8 Å². The maximum absolute atomic E-state index is 13.2. The molecule has 3 rings (SSSR count). The summed E-state index contributed by atoms with van der Waals surface area (Å²) in [6.45, 7) is 7.86. The Morgan fingerprint density at radius 3 is 2.26 bits per heavy atom. The van der Waals surface area contributed by atoms with Crippen molar-refractivity contribution in [2.24, 2.45) is 0 Å². The van der Waals surface area contributed by atoms with Crippen LogP contribution >= 0.6 is 18.9 Å². The average molecular weight is 597 g/mol. The molecule has 0 aliphatic carbocycles. The fraction of sp³-hybridized carbons (Fsp3) is 0.385. The zero-order valence-corrected chi connectivity index (χ0v) is 25.0. The first-order valence-electron chi connectivity index (χ1n) is 12.4. The fourth-order valence-corrected chi connectivity index (χ4v) is 6.43. The van der Waals surface area contributed by atoms with Crippen LogP contribution in [0.3, 0.4) is 0 Å². The lowest BCUT2D eigenvalue weighted by atomic mass is 10.2. The molecule has 1 aromatic heterocycles. The Kier molecular flexibility index (Phi) is 10.7. The normalized spacial score (nSPS) is 12.6. The molecule has 0 saturated carbocycles. The first-order chi connectivity index (χ1) is 18.4. The van der Waals surface area contributed by atoms with E-state index in [-0.39, 0.29) is 35.9 Å². The van der Waals surface area contributed by atoms with Crippen molar-refractivity contribution in [3.63, 3.8) is 0 Å². The van der Waals surface area contributed by atoms with E-state index in [0.717, 1.165) is 12.7 Å². The summed E-state index contributed by atoms with van der Waals surface area (Å²) >= 11 is 1.19. The smallest absolute Gasteiger partial charge is 0.336 e. The lowest BCUT2D eigenvalue weighted by molar-refractivity contribution is 0.102. The highest BCUT2D eigenvalue weighted by Gasteiger charge is 2.26. The maximum atomic E-state index is 13.2. The summed E-state index contributed by atoms with van der Waals surface area (Å²) in [6, 6.07) is 10.8. The van der Waals surface area contributed by atoms with Crippen molar-refractivity contribution in [1.29, 1.82) is 0 Å². The van der Waals surface area contributed by atoms with Crippen LogP contribution in [0.15, 0.2) is 52.7 Å². The molecule has 0 saturated heterocycles. The van der Waals surface area contributed by atoms with Gasteiger partial charge in [-0.15, -0.1) is 11.3 Å². The van der Waals surface area contributed by atoms with E-state index >= 15 is 0 Å². The number of carbonyl (C=O) groups excluding carboxylic acids is 1. The standard InChI is InChI=1S/C26H33N2O8PS2/c1-6-18(4)35-22-13-19(14-23(15-22)36-21-9-11-24(12-10-21)39(5,31)32)25(29)28-26-27-20(17-38-26)16-37(30,33-7-2)34-8-3/h9-15,17-18H,6-8,16H2,1-5H3,(H,27,28,29)/t18-/m0/s1. The zero-order chi connectivity index (χ0) is 28.6. The van der Waals surface area contributed by atoms with Gasteiger partial charge in [0.15, 0.2) is 15.0 Å². The van der Waals surface area contributed by atoms with E-state index in [1.807, 2.05) is 13.8 Å². The monoisotopic (exact) mass is 596 g/mol. The SMILES string of the molecule is CCOP(=O)(Cc1csc(NC(=O)c2cc(Oc3ccc(S(C)(=O)=O)cc3)cc(O[C@@H](C)CC)c2)n1)OCC. The summed E-state index contributed by atoms with van der Waals surface area (Å²) in [6.07, 6.45) is 1.79. The topological polar surface area (TPSA) is 130 Å². The van der Waals surface area contributed by atoms with E-state index in [0.29, 0.717) is 28.1 Å². The maximum Gasteiger partial charge on any atom is 0.336 e. The molecule has 13 heteroatoms. The Hall–Kier alpha value is -2.76. The summed E-state index contributed by atoms with van der Waals surface area (Å²) in [4.78, 5) is 17.7. The summed E-state index contributed by atoms with van der Waals surface area (Å²) in [5, 5.41) is 4.77. The van der Waals surface area contributed by atoms with Gasteiger partial charge < -0.3 is 18.5 Å². The second kappa shape index (κ2) is 13.5. The molecule has 212 valence electrons. The van der Waals surface area contributed by atoms with Crippen LogP contribution < -0.4 is 14.8 Å². The molecule has 3 aromatic rings. The molecule has 0 aliphatic rings. The van der Waals surface area contributed by atoms with Crippen molar-refractivity contribution in [3.05, 3.63) is 59.1 Å². The third-order valence-corrected chi connectivity index (χ3v) is 9.27. The first kappa shape index (κ1) is 30.8. The van der Waals surface area contributed by atoms with Crippen LogP contribution in [0.2, 0.25) is 0 Å². The molecule has 0 bridgehead atoms. The molecule has 2 aromatic carbocycles. The molecule has 0 aliphatic heterocycles. The van der Waals surface area contributed by atoms with Gasteiger partial charge in [-0.3, -0.25) is 14.7 Å². The van der Waals surface area contributed by atoms with Crippen molar-refractivity contribution in [2.45, 2.75) is 51.3 Å². The predicted octanol–water partition coefficient (Wildman–Crippen LogP) is 6.53. The molecule has 10 nitrogen and oxygen atoms in total.